The second-order valence-corrected chi connectivity index (χ2v) is 5.75. The number of benzene rings is 2. The van der Waals surface area contributed by atoms with Crippen molar-refractivity contribution >= 4 is 0 Å². The maximum atomic E-state index is 13.8. The number of aryl methyl sites for hydroxylation is 1. The summed E-state index contributed by atoms with van der Waals surface area (Å²) in [6.07, 6.45) is 1.03. The molecule has 2 aromatic rings. The number of nitrogens with zero attached hydrogens (tertiary/aromatic N) is 1. The summed E-state index contributed by atoms with van der Waals surface area (Å²) in [4.78, 5) is 2.35. The fourth-order valence-corrected chi connectivity index (χ4v) is 3.10. The van der Waals surface area contributed by atoms with Gasteiger partial charge in [-0.3, -0.25) is 4.90 Å². The zero-order valence-electron chi connectivity index (χ0n) is 12.3. The lowest BCUT2D eigenvalue weighted by Gasteiger charge is -2.35. The van der Waals surface area contributed by atoms with Crippen molar-refractivity contribution in [2.45, 2.75) is 25.9 Å². The SMILES string of the molecule is Cc1ccc(C(CN)N2CCc3ccccc3C2)cc1F. The molecule has 3 heteroatoms. The van der Waals surface area contributed by atoms with Crippen LogP contribution in [-0.2, 0) is 13.0 Å². The standard InChI is InChI=1S/C18H21FN2/c1-13-6-7-15(10-17(13)19)18(11-20)21-9-8-14-4-2-3-5-16(14)12-21/h2-7,10,18H,8-9,11-12,20H2,1H3. The van der Waals surface area contributed by atoms with Gasteiger partial charge >= 0.3 is 0 Å². The lowest BCUT2D eigenvalue weighted by atomic mass is 9.96. The van der Waals surface area contributed by atoms with Gasteiger partial charge in [-0.1, -0.05) is 36.4 Å². The Labute approximate surface area is 125 Å². The van der Waals surface area contributed by atoms with Crippen LogP contribution in [0.5, 0.6) is 0 Å². The number of hydrogen-bond acceptors (Lipinski definition) is 2. The molecule has 0 amide bonds. The van der Waals surface area contributed by atoms with Crippen LogP contribution in [0.4, 0.5) is 4.39 Å². The fourth-order valence-electron chi connectivity index (χ4n) is 3.10. The molecular formula is C18H21FN2. The van der Waals surface area contributed by atoms with Gasteiger partial charge in [0, 0.05) is 25.7 Å². The van der Waals surface area contributed by atoms with E-state index >= 15 is 0 Å². The first kappa shape index (κ1) is 14.2. The third-order valence-electron chi connectivity index (χ3n) is 4.40. The van der Waals surface area contributed by atoms with E-state index in [0.29, 0.717) is 12.1 Å². The third-order valence-corrected chi connectivity index (χ3v) is 4.40. The molecule has 0 spiro atoms. The number of nitrogens with two attached hydrogens (primary N) is 1. The maximum Gasteiger partial charge on any atom is 0.126 e. The minimum absolute atomic E-state index is 0.0773. The molecule has 0 saturated carbocycles. The summed E-state index contributed by atoms with van der Waals surface area (Å²) < 4.78 is 13.8. The van der Waals surface area contributed by atoms with E-state index < -0.39 is 0 Å². The van der Waals surface area contributed by atoms with Crippen LogP contribution in [-0.4, -0.2) is 18.0 Å². The Kier molecular flexibility index (Phi) is 4.04. The number of rotatable bonds is 3. The molecule has 1 aliphatic rings. The Morgan fingerprint density at radius 2 is 1.95 bits per heavy atom. The van der Waals surface area contributed by atoms with Crippen molar-refractivity contribution in [3.63, 3.8) is 0 Å². The molecule has 0 aromatic heterocycles. The predicted octanol–water partition coefficient (Wildman–Crippen LogP) is 3.19. The highest BCUT2D eigenvalue weighted by atomic mass is 19.1. The van der Waals surface area contributed by atoms with Crippen LogP contribution in [0.1, 0.15) is 28.3 Å². The first-order valence-electron chi connectivity index (χ1n) is 7.46. The van der Waals surface area contributed by atoms with E-state index in [4.69, 9.17) is 5.73 Å². The summed E-state index contributed by atoms with van der Waals surface area (Å²) in [6.45, 7) is 4.14. The highest BCUT2D eigenvalue weighted by Gasteiger charge is 2.24. The van der Waals surface area contributed by atoms with Gasteiger partial charge in [-0.05, 0) is 41.7 Å². The summed E-state index contributed by atoms with van der Waals surface area (Å²) in [7, 11) is 0. The Morgan fingerprint density at radius 1 is 1.19 bits per heavy atom. The lowest BCUT2D eigenvalue weighted by Crippen LogP contribution is -2.37. The molecule has 0 saturated heterocycles. The van der Waals surface area contributed by atoms with E-state index in [0.717, 1.165) is 25.1 Å². The van der Waals surface area contributed by atoms with Crippen molar-refractivity contribution in [1.82, 2.24) is 4.90 Å². The van der Waals surface area contributed by atoms with E-state index in [2.05, 4.69) is 29.2 Å². The molecule has 3 rings (SSSR count). The van der Waals surface area contributed by atoms with E-state index in [1.165, 1.54) is 11.1 Å². The van der Waals surface area contributed by atoms with Crippen LogP contribution >= 0.6 is 0 Å². The molecule has 0 aliphatic carbocycles. The molecule has 0 fully saturated rings. The minimum atomic E-state index is -0.150. The average Bonchev–Trinajstić information content (AvgIpc) is 2.51. The number of hydrogen-bond donors (Lipinski definition) is 1. The maximum absolute atomic E-state index is 13.8. The molecule has 110 valence electrons. The van der Waals surface area contributed by atoms with Crippen molar-refractivity contribution in [3.8, 4) is 0 Å². The molecule has 21 heavy (non-hydrogen) atoms. The first-order valence-corrected chi connectivity index (χ1v) is 7.46. The largest absolute Gasteiger partial charge is 0.329 e. The van der Waals surface area contributed by atoms with Gasteiger partial charge in [0.15, 0.2) is 0 Å². The third kappa shape index (κ3) is 2.85. The van der Waals surface area contributed by atoms with Crippen LogP contribution in [0.3, 0.4) is 0 Å². The van der Waals surface area contributed by atoms with Gasteiger partial charge in [-0.25, -0.2) is 4.39 Å². The molecule has 1 unspecified atom stereocenters. The average molecular weight is 284 g/mol. The summed E-state index contributed by atoms with van der Waals surface area (Å²) in [5, 5.41) is 0. The van der Waals surface area contributed by atoms with E-state index in [1.54, 1.807) is 13.0 Å². The molecule has 1 heterocycles. The van der Waals surface area contributed by atoms with Crippen LogP contribution in [0.25, 0.3) is 0 Å². The molecule has 2 aromatic carbocycles. The first-order chi connectivity index (χ1) is 10.2. The zero-order chi connectivity index (χ0) is 14.8. The van der Waals surface area contributed by atoms with Crippen LogP contribution in [0, 0.1) is 12.7 Å². The molecule has 1 atom stereocenters. The number of halogens is 1. The molecule has 1 aliphatic heterocycles. The highest BCUT2D eigenvalue weighted by molar-refractivity contribution is 5.31. The summed E-state index contributed by atoms with van der Waals surface area (Å²) >= 11 is 0. The predicted molar refractivity (Wildman–Crippen MR) is 83.5 cm³/mol. The molecule has 0 radical (unpaired) electrons. The van der Waals surface area contributed by atoms with E-state index in [9.17, 15) is 4.39 Å². The second-order valence-electron chi connectivity index (χ2n) is 5.75. The Balaban J connectivity index is 1.86. The molecule has 2 nitrogen and oxygen atoms in total. The van der Waals surface area contributed by atoms with Gasteiger partial charge < -0.3 is 5.73 Å². The smallest absolute Gasteiger partial charge is 0.126 e. The van der Waals surface area contributed by atoms with E-state index in [-0.39, 0.29) is 11.9 Å². The highest BCUT2D eigenvalue weighted by Crippen LogP contribution is 2.28. The Bertz CT molecular complexity index is 639. The topological polar surface area (TPSA) is 29.3 Å². The van der Waals surface area contributed by atoms with Gasteiger partial charge in [0.05, 0.1) is 0 Å². The Hall–Kier alpha value is -1.71. The quantitative estimate of drug-likeness (QED) is 0.938. The van der Waals surface area contributed by atoms with Crippen LogP contribution in [0.2, 0.25) is 0 Å². The lowest BCUT2D eigenvalue weighted by molar-refractivity contribution is 0.183. The van der Waals surface area contributed by atoms with Gasteiger partial charge in [-0.15, -0.1) is 0 Å². The van der Waals surface area contributed by atoms with Crippen molar-refractivity contribution in [1.29, 1.82) is 0 Å². The summed E-state index contributed by atoms with van der Waals surface area (Å²) in [6, 6.07) is 14.1. The Morgan fingerprint density at radius 3 is 2.67 bits per heavy atom. The van der Waals surface area contributed by atoms with Crippen LogP contribution < -0.4 is 5.73 Å². The van der Waals surface area contributed by atoms with Crippen molar-refractivity contribution in [2.75, 3.05) is 13.1 Å². The van der Waals surface area contributed by atoms with Crippen LogP contribution in [0.15, 0.2) is 42.5 Å². The van der Waals surface area contributed by atoms with Crippen molar-refractivity contribution in [2.24, 2.45) is 5.73 Å². The van der Waals surface area contributed by atoms with Gasteiger partial charge in [0.2, 0.25) is 0 Å². The second kappa shape index (κ2) is 5.96. The van der Waals surface area contributed by atoms with Gasteiger partial charge in [0.25, 0.3) is 0 Å². The minimum Gasteiger partial charge on any atom is -0.329 e. The normalized spacial score (nSPS) is 16.5. The van der Waals surface area contributed by atoms with Gasteiger partial charge in [-0.2, -0.15) is 0 Å². The van der Waals surface area contributed by atoms with Gasteiger partial charge in [0.1, 0.15) is 5.82 Å². The summed E-state index contributed by atoms with van der Waals surface area (Å²) in [5.41, 5.74) is 10.4. The molecule has 2 N–H and O–H groups in total. The van der Waals surface area contributed by atoms with Crippen molar-refractivity contribution in [3.05, 3.63) is 70.5 Å². The molecular weight excluding hydrogens is 263 g/mol. The van der Waals surface area contributed by atoms with Crippen molar-refractivity contribution < 1.29 is 4.39 Å². The monoisotopic (exact) mass is 284 g/mol. The molecule has 0 bridgehead atoms. The van der Waals surface area contributed by atoms with E-state index in [1.807, 2.05) is 12.1 Å². The number of fused-ring (bicyclic) bond motifs is 1. The summed E-state index contributed by atoms with van der Waals surface area (Å²) in [5.74, 6) is -0.150. The zero-order valence-corrected chi connectivity index (χ0v) is 12.3. The fraction of sp³-hybridized carbons (Fsp3) is 0.333.